The summed E-state index contributed by atoms with van der Waals surface area (Å²) in [6, 6.07) is 0. The average Bonchev–Trinajstić information content (AvgIpc) is 2.12. The van der Waals surface area contributed by atoms with Crippen molar-refractivity contribution in [3.05, 3.63) is 0 Å². The first kappa shape index (κ1) is 7.70. The number of hydrogen-bond acceptors (Lipinski definition) is 2. The molecule has 9 heavy (non-hydrogen) atoms. The second kappa shape index (κ2) is 3.13. The number of thioether (sulfide) groups is 1. The first-order valence-electron chi connectivity index (χ1n) is 3.10. The monoisotopic (exact) mass is 166 g/mol. The van der Waals surface area contributed by atoms with Gasteiger partial charge in [-0.1, -0.05) is 0 Å². The summed E-state index contributed by atoms with van der Waals surface area (Å²) in [5.41, 5.74) is 0. The van der Waals surface area contributed by atoms with Crippen LogP contribution in [0.3, 0.4) is 0 Å². The Kier molecular flexibility index (Phi) is 2.68. The number of alkyl halides is 1. The summed E-state index contributed by atoms with van der Waals surface area (Å²) < 4.78 is 0. The Balaban J connectivity index is 2.44. The molecule has 3 atom stereocenters. The predicted octanol–water partition coefficient (Wildman–Crippen LogP) is 1.48. The van der Waals surface area contributed by atoms with E-state index in [4.69, 9.17) is 11.6 Å². The maximum Gasteiger partial charge on any atom is 0.0673 e. The average molecular weight is 167 g/mol. The van der Waals surface area contributed by atoms with Gasteiger partial charge in [0, 0.05) is 10.6 Å². The molecule has 1 rings (SSSR count). The minimum Gasteiger partial charge on any atom is -0.392 e. The highest BCUT2D eigenvalue weighted by molar-refractivity contribution is 7.99. The summed E-state index contributed by atoms with van der Waals surface area (Å²) in [4.78, 5) is 0. The maximum absolute atomic E-state index is 9.25. The van der Waals surface area contributed by atoms with Crippen molar-refractivity contribution in [2.45, 2.75) is 29.6 Å². The highest BCUT2D eigenvalue weighted by Crippen LogP contribution is 2.32. The second-order valence-corrected chi connectivity index (χ2v) is 3.94. The molecule has 1 aliphatic carbocycles. The molecule has 1 N–H and O–H groups in total. The molecule has 1 fully saturated rings. The maximum atomic E-state index is 9.25. The second-order valence-electron chi connectivity index (χ2n) is 2.36. The van der Waals surface area contributed by atoms with Gasteiger partial charge in [-0.15, -0.1) is 11.6 Å². The Bertz CT molecular complexity index is 89.1. The first-order valence-corrected chi connectivity index (χ1v) is 4.83. The first-order chi connectivity index (χ1) is 4.25. The van der Waals surface area contributed by atoms with Gasteiger partial charge in [0.1, 0.15) is 0 Å². The lowest BCUT2D eigenvalue weighted by molar-refractivity contribution is 0.188. The van der Waals surface area contributed by atoms with E-state index in [-0.39, 0.29) is 16.7 Å². The fourth-order valence-electron chi connectivity index (χ4n) is 1.20. The van der Waals surface area contributed by atoms with Gasteiger partial charge in [0.15, 0.2) is 0 Å². The molecule has 1 nitrogen and oxygen atoms in total. The Hall–Kier alpha value is 0.600. The van der Waals surface area contributed by atoms with Gasteiger partial charge in [-0.05, 0) is 19.1 Å². The molecular weight excluding hydrogens is 156 g/mol. The van der Waals surface area contributed by atoms with Gasteiger partial charge in [-0.3, -0.25) is 0 Å². The van der Waals surface area contributed by atoms with Crippen LogP contribution in [0.1, 0.15) is 12.8 Å². The van der Waals surface area contributed by atoms with Crippen LogP contribution in [-0.2, 0) is 0 Å². The lowest BCUT2D eigenvalue weighted by Crippen LogP contribution is -2.21. The number of aliphatic hydroxyl groups is 1. The van der Waals surface area contributed by atoms with Crippen LogP contribution in [0.25, 0.3) is 0 Å². The molecule has 54 valence electrons. The van der Waals surface area contributed by atoms with Gasteiger partial charge < -0.3 is 5.11 Å². The van der Waals surface area contributed by atoms with Crippen molar-refractivity contribution in [2.75, 3.05) is 6.26 Å². The van der Waals surface area contributed by atoms with Crippen molar-refractivity contribution < 1.29 is 5.11 Å². The number of rotatable bonds is 1. The minimum absolute atomic E-state index is 0.164. The highest BCUT2D eigenvalue weighted by Gasteiger charge is 2.32. The molecule has 3 heteroatoms. The molecule has 1 saturated carbocycles. The molecule has 0 heterocycles. The highest BCUT2D eigenvalue weighted by atomic mass is 35.5. The molecule has 0 aromatic carbocycles. The molecule has 0 radical (unpaired) electrons. The Morgan fingerprint density at radius 1 is 1.56 bits per heavy atom. The normalized spacial score (nSPS) is 43.7. The van der Waals surface area contributed by atoms with E-state index in [0.717, 1.165) is 12.8 Å². The molecule has 0 spiro atoms. The standard InChI is InChI=1S/C6H11ClOS/c1-9-6-4(7)2-3-5(6)8/h4-6,8H,2-3H2,1H3/t4-,5-,6+/m1/s1. The number of aliphatic hydroxyl groups excluding tert-OH is 1. The molecule has 0 unspecified atom stereocenters. The summed E-state index contributed by atoms with van der Waals surface area (Å²) in [7, 11) is 0. The predicted molar refractivity (Wildman–Crippen MR) is 42.2 cm³/mol. The number of halogens is 1. The molecule has 0 amide bonds. The van der Waals surface area contributed by atoms with Crippen LogP contribution in [0, 0.1) is 0 Å². The van der Waals surface area contributed by atoms with Crippen molar-refractivity contribution in [1.29, 1.82) is 0 Å². The zero-order chi connectivity index (χ0) is 6.85. The summed E-state index contributed by atoms with van der Waals surface area (Å²) in [6.45, 7) is 0. The van der Waals surface area contributed by atoms with Crippen molar-refractivity contribution in [3.8, 4) is 0 Å². The van der Waals surface area contributed by atoms with Gasteiger partial charge in [-0.25, -0.2) is 0 Å². The Morgan fingerprint density at radius 2 is 2.22 bits per heavy atom. The van der Waals surface area contributed by atoms with Gasteiger partial charge in [0.05, 0.1) is 6.10 Å². The molecule has 1 aliphatic rings. The summed E-state index contributed by atoms with van der Waals surface area (Å²) >= 11 is 7.56. The molecule has 0 aromatic heterocycles. The number of hydrogen-bond donors (Lipinski definition) is 1. The van der Waals surface area contributed by atoms with E-state index in [1.54, 1.807) is 11.8 Å². The Labute approximate surface area is 64.8 Å². The van der Waals surface area contributed by atoms with Crippen LogP contribution in [0.4, 0.5) is 0 Å². The van der Waals surface area contributed by atoms with Gasteiger partial charge in [0.25, 0.3) is 0 Å². The van der Waals surface area contributed by atoms with Crippen LogP contribution >= 0.6 is 23.4 Å². The smallest absolute Gasteiger partial charge is 0.0673 e. The Morgan fingerprint density at radius 3 is 2.44 bits per heavy atom. The van der Waals surface area contributed by atoms with Crippen molar-refractivity contribution in [3.63, 3.8) is 0 Å². The van der Waals surface area contributed by atoms with Crippen molar-refractivity contribution in [2.24, 2.45) is 0 Å². The van der Waals surface area contributed by atoms with Crippen molar-refractivity contribution >= 4 is 23.4 Å². The van der Waals surface area contributed by atoms with Gasteiger partial charge in [0.2, 0.25) is 0 Å². The molecular formula is C6H11ClOS. The van der Waals surface area contributed by atoms with Gasteiger partial charge in [-0.2, -0.15) is 11.8 Å². The third-order valence-corrected chi connectivity index (χ3v) is 3.57. The van der Waals surface area contributed by atoms with E-state index in [2.05, 4.69) is 0 Å². The van der Waals surface area contributed by atoms with Crippen LogP contribution in [0.15, 0.2) is 0 Å². The van der Waals surface area contributed by atoms with Crippen LogP contribution < -0.4 is 0 Å². The fourth-order valence-corrected chi connectivity index (χ4v) is 2.69. The lowest BCUT2D eigenvalue weighted by Gasteiger charge is -2.13. The lowest BCUT2D eigenvalue weighted by atomic mass is 10.3. The summed E-state index contributed by atoms with van der Waals surface area (Å²) in [6.07, 6.45) is 3.67. The molecule has 0 bridgehead atoms. The zero-order valence-electron chi connectivity index (χ0n) is 5.38. The summed E-state index contributed by atoms with van der Waals surface area (Å²) in [5.74, 6) is 0. The molecule has 0 aromatic rings. The van der Waals surface area contributed by atoms with Crippen LogP contribution in [0.2, 0.25) is 0 Å². The SMILES string of the molecule is CS[C@@H]1[C@H](O)CC[C@H]1Cl. The molecule has 0 saturated heterocycles. The van der Waals surface area contributed by atoms with Crippen molar-refractivity contribution in [1.82, 2.24) is 0 Å². The van der Waals surface area contributed by atoms with Crippen LogP contribution in [0.5, 0.6) is 0 Å². The quantitative estimate of drug-likeness (QED) is 0.596. The minimum atomic E-state index is -0.164. The third kappa shape index (κ3) is 1.54. The summed E-state index contributed by atoms with van der Waals surface area (Å²) in [5, 5.41) is 9.71. The molecule has 0 aliphatic heterocycles. The van der Waals surface area contributed by atoms with E-state index in [1.807, 2.05) is 6.26 Å². The zero-order valence-corrected chi connectivity index (χ0v) is 6.95. The topological polar surface area (TPSA) is 20.2 Å². The largest absolute Gasteiger partial charge is 0.392 e. The van der Waals surface area contributed by atoms with E-state index in [9.17, 15) is 5.11 Å². The fraction of sp³-hybridized carbons (Fsp3) is 1.00. The van der Waals surface area contributed by atoms with E-state index < -0.39 is 0 Å². The van der Waals surface area contributed by atoms with Crippen LogP contribution in [-0.4, -0.2) is 28.1 Å². The third-order valence-electron chi connectivity index (χ3n) is 1.75. The van der Waals surface area contributed by atoms with Gasteiger partial charge >= 0.3 is 0 Å². The van der Waals surface area contributed by atoms with E-state index >= 15 is 0 Å². The van der Waals surface area contributed by atoms with E-state index in [0.29, 0.717) is 0 Å². The van der Waals surface area contributed by atoms with E-state index in [1.165, 1.54) is 0 Å².